The van der Waals surface area contributed by atoms with Gasteiger partial charge in [0.1, 0.15) is 0 Å². The smallest absolute Gasteiger partial charge is 0.0786 e. The molecule has 0 aromatic carbocycles. The lowest BCUT2D eigenvalue weighted by Crippen LogP contribution is -3.00. The lowest BCUT2D eigenvalue weighted by Gasteiger charge is -2.39. The van der Waals surface area contributed by atoms with Crippen LogP contribution in [-0.2, 0) is 0 Å². The quantitative estimate of drug-likeness (QED) is 0.0646. The monoisotopic (exact) mass is 551 g/mol. The second-order valence-corrected chi connectivity index (χ2v) is 10.2. The molecule has 0 radical (unpaired) electrons. The molecule has 0 heterocycles. The fraction of sp³-hybridized carbons (Fsp3) is 1.00. The largest absolute Gasteiger partial charge is 1.00 e. The lowest BCUT2D eigenvalue weighted by molar-refractivity contribution is -0.929. The van der Waals surface area contributed by atoms with Gasteiger partial charge in [0.15, 0.2) is 0 Å². The van der Waals surface area contributed by atoms with Crippen molar-refractivity contribution in [3.63, 3.8) is 0 Å². The van der Waals surface area contributed by atoms with E-state index in [2.05, 4.69) is 27.7 Å². The minimum Gasteiger partial charge on any atom is -1.00 e. The molecule has 0 amide bonds. The average molecular weight is 552 g/mol. The Morgan fingerprint density at radius 1 is 0.290 bits per heavy atom. The molecule has 0 aliphatic heterocycles. The Hall–Kier alpha value is 0.690. The van der Waals surface area contributed by atoms with E-state index < -0.39 is 0 Å². The van der Waals surface area contributed by atoms with Gasteiger partial charge in [-0.3, -0.25) is 0 Å². The van der Waals surface area contributed by atoms with Gasteiger partial charge in [-0.25, -0.2) is 0 Å². The predicted octanol–water partition coefficient (Wildman–Crippen LogP) is 7.08. The Kier molecular flexibility index (Phi) is 29.4. The van der Waals surface area contributed by atoms with Crippen LogP contribution in [0.2, 0.25) is 0 Å². The molecule has 0 aromatic heterocycles. The summed E-state index contributed by atoms with van der Waals surface area (Å²) < 4.78 is 1.47. The van der Waals surface area contributed by atoms with Crippen molar-refractivity contribution in [1.82, 2.24) is 0 Å². The molecular formula is C29H62IN. The normalized spacial score (nSPS) is 11.6. The van der Waals surface area contributed by atoms with Crippen molar-refractivity contribution in [2.24, 2.45) is 0 Å². The van der Waals surface area contributed by atoms with E-state index >= 15 is 0 Å². The van der Waals surface area contributed by atoms with Gasteiger partial charge < -0.3 is 28.5 Å². The van der Waals surface area contributed by atoms with Crippen LogP contribution in [0.25, 0.3) is 0 Å². The molecule has 0 N–H and O–H groups in total. The highest BCUT2D eigenvalue weighted by Crippen LogP contribution is 2.20. The number of unbranched alkanes of at least 4 members (excludes halogenated alkanes) is 17. The highest BCUT2D eigenvalue weighted by Gasteiger charge is 2.25. The van der Waals surface area contributed by atoms with Gasteiger partial charge in [0.2, 0.25) is 0 Å². The fourth-order valence-electron chi connectivity index (χ4n) is 5.05. The molecule has 0 saturated heterocycles. The molecule has 2 heteroatoms. The van der Waals surface area contributed by atoms with E-state index in [0.717, 1.165) is 0 Å². The lowest BCUT2D eigenvalue weighted by atomic mass is 10.0. The Bertz CT molecular complexity index is 287. The average Bonchev–Trinajstić information content (AvgIpc) is 2.76. The summed E-state index contributed by atoms with van der Waals surface area (Å²) in [7, 11) is 0. The minimum absolute atomic E-state index is 0. The molecule has 0 spiro atoms. The zero-order valence-corrected chi connectivity index (χ0v) is 24.7. The van der Waals surface area contributed by atoms with Crippen molar-refractivity contribution in [2.75, 3.05) is 26.2 Å². The molecule has 0 unspecified atom stereocenters. The van der Waals surface area contributed by atoms with E-state index in [1.807, 2.05) is 0 Å². The number of halogens is 1. The van der Waals surface area contributed by atoms with E-state index in [1.165, 1.54) is 165 Å². The maximum atomic E-state index is 2.35. The summed E-state index contributed by atoms with van der Waals surface area (Å²) in [6.45, 7) is 15.2. The third-order valence-corrected chi connectivity index (χ3v) is 7.19. The molecule has 0 fully saturated rings. The Balaban J connectivity index is 0. The van der Waals surface area contributed by atoms with Crippen molar-refractivity contribution in [3.8, 4) is 0 Å². The minimum atomic E-state index is 0. The van der Waals surface area contributed by atoms with Crippen molar-refractivity contribution in [3.05, 3.63) is 0 Å². The first kappa shape index (κ1) is 33.9. The van der Waals surface area contributed by atoms with Crippen LogP contribution in [0, 0.1) is 0 Å². The van der Waals surface area contributed by atoms with Crippen LogP contribution < -0.4 is 24.0 Å². The Labute approximate surface area is 216 Å². The molecular weight excluding hydrogens is 489 g/mol. The molecule has 0 rings (SSSR count). The standard InChI is InChI=1S/C29H62N.HI/c1-5-9-13-17-18-19-20-21-25-29-30(26-22-14-10-6-2,27-23-15-11-7-3)28-24-16-12-8-4;/h5-29H2,1-4H3;1H/q+1;/p-1. The topological polar surface area (TPSA) is 0 Å². The van der Waals surface area contributed by atoms with Crippen LogP contribution in [0.1, 0.15) is 163 Å². The summed E-state index contributed by atoms with van der Waals surface area (Å²) in [6.07, 6.45) is 30.3. The summed E-state index contributed by atoms with van der Waals surface area (Å²) in [5, 5.41) is 0. The van der Waals surface area contributed by atoms with Gasteiger partial charge in [-0.15, -0.1) is 0 Å². The maximum Gasteiger partial charge on any atom is 0.0786 e. The molecule has 0 bridgehead atoms. The van der Waals surface area contributed by atoms with Gasteiger partial charge in [0, 0.05) is 0 Å². The van der Waals surface area contributed by atoms with Crippen LogP contribution in [0.4, 0.5) is 0 Å². The molecule has 0 atom stereocenters. The molecule has 190 valence electrons. The van der Waals surface area contributed by atoms with E-state index in [-0.39, 0.29) is 24.0 Å². The summed E-state index contributed by atoms with van der Waals surface area (Å²) in [5.41, 5.74) is 0. The molecule has 0 saturated carbocycles. The third-order valence-electron chi connectivity index (χ3n) is 7.19. The van der Waals surface area contributed by atoms with E-state index in [0.29, 0.717) is 0 Å². The van der Waals surface area contributed by atoms with Crippen molar-refractivity contribution in [1.29, 1.82) is 0 Å². The van der Waals surface area contributed by atoms with Gasteiger partial charge >= 0.3 is 0 Å². The van der Waals surface area contributed by atoms with Crippen LogP contribution in [0.15, 0.2) is 0 Å². The summed E-state index contributed by atoms with van der Waals surface area (Å²) >= 11 is 0. The van der Waals surface area contributed by atoms with Crippen molar-refractivity contribution < 1.29 is 28.5 Å². The van der Waals surface area contributed by atoms with E-state index in [4.69, 9.17) is 0 Å². The number of nitrogens with zero attached hydrogens (tertiary/aromatic N) is 1. The number of rotatable bonds is 25. The van der Waals surface area contributed by atoms with Crippen LogP contribution >= 0.6 is 0 Å². The summed E-state index contributed by atoms with van der Waals surface area (Å²) in [4.78, 5) is 0. The van der Waals surface area contributed by atoms with Gasteiger partial charge in [-0.1, -0.05) is 111 Å². The summed E-state index contributed by atoms with van der Waals surface area (Å²) in [5.74, 6) is 0. The van der Waals surface area contributed by atoms with Crippen LogP contribution in [0.3, 0.4) is 0 Å². The van der Waals surface area contributed by atoms with Crippen LogP contribution in [0.5, 0.6) is 0 Å². The molecule has 0 aromatic rings. The van der Waals surface area contributed by atoms with E-state index in [9.17, 15) is 0 Å². The molecule has 0 aliphatic carbocycles. The van der Waals surface area contributed by atoms with Crippen LogP contribution in [-0.4, -0.2) is 30.7 Å². The SMILES string of the molecule is CCCCCCCCCCC[N+](CCCCCC)(CCCCCC)CCCCCC.[I-]. The second-order valence-electron chi connectivity index (χ2n) is 10.2. The van der Waals surface area contributed by atoms with Gasteiger partial charge in [0.05, 0.1) is 26.2 Å². The zero-order valence-electron chi connectivity index (χ0n) is 22.5. The zero-order chi connectivity index (χ0) is 22.2. The van der Waals surface area contributed by atoms with Gasteiger partial charge in [-0.05, 0) is 51.4 Å². The van der Waals surface area contributed by atoms with E-state index in [1.54, 1.807) is 0 Å². The number of hydrogen-bond acceptors (Lipinski definition) is 0. The Morgan fingerprint density at radius 3 is 0.742 bits per heavy atom. The Morgan fingerprint density at radius 2 is 0.484 bits per heavy atom. The van der Waals surface area contributed by atoms with Gasteiger partial charge in [-0.2, -0.15) is 0 Å². The highest BCUT2D eigenvalue weighted by atomic mass is 127. The molecule has 0 aliphatic rings. The molecule has 31 heavy (non-hydrogen) atoms. The highest BCUT2D eigenvalue weighted by molar-refractivity contribution is 4.54. The number of quaternary nitrogens is 1. The first-order valence-corrected chi connectivity index (χ1v) is 14.6. The van der Waals surface area contributed by atoms with Crippen molar-refractivity contribution in [2.45, 2.75) is 163 Å². The first-order valence-electron chi connectivity index (χ1n) is 14.6. The first-order chi connectivity index (χ1) is 14.7. The maximum absolute atomic E-state index is 2.35. The number of hydrogen-bond donors (Lipinski definition) is 0. The fourth-order valence-corrected chi connectivity index (χ4v) is 5.05. The van der Waals surface area contributed by atoms with Gasteiger partial charge in [0.25, 0.3) is 0 Å². The second kappa shape index (κ2) is 26.9. The molecule has 1 nitrogen and oxygen atoms in total. The van der Waals surface area contributed by atoms with Crippen molar-refractivity contribution >= 4 is 0 Å². The summed E-state index contributed by atoms with van der Waals surface area (Å²) in [6, 6.07) is 0. The predicted molar refractivity (Wildman–Crippen MR) is 139 cm³/mol. The third kappa shape index (κ3) is 22.3.